The Kier molecular flexibility index (Phi) is 7.21. The van der Waals surface area contributed by atoms with Crippen LogP contribution in [0, 0.1) is 20.8 Å². The Labute approximate surface area is 206 Å². The Morgan fingerprint density at radius 1 is 1.00 bits per heavy atom. The van der Waals surface area contributed by atoms with Gasteiger partial charge >= 0.3 is 0 Å². The Morgan fingerprint density at radius 2 is 1.69 bits per heavy atom. The second-order valence-electron chi connectivity index (χ2n) is 9.38. The maximum Gasteiger partial charge on any atom is 0.295 e. The third-order valence-electron chi connectivity index (χ3n) is 7.29. The van der Waals surface area contributed by atoms with Gasteiger partial charge in [-0.25, -0.2) is 0 Å². The molecule has 1 aromatic heterocycles. The van der Waals surface area contributed by atoms with E-state index < -0.39 is 17.7 Å². The zero-order chi connectivity index (χ0) is 25.3. The molecular weight excluding hydrogens is 446 g/mol. The first kappa shape index (κ1) is 24.9. The average Bonchev–Trinajstić information content (AvgIpc) is 3.27. The molecule has 2 fully saturated rings. The molecule has 0 bridgehead atoms. The number of nitrogens with one attached hydrogen (secondary N) is 1. The van der Waals surface area contributed by atoms with Crippen LogP contribution in [-0.2, 0) is 9.59 Å². The zero-order valence-corrected chi connectivity index (χ0v) is 21.2. The number of likely N-dealkylation sites (tertiary alicyclic amines) is 2. The van der Waals surface area contributed by atoms with Gasteiger partial charge in [0.05, 0.1) is 25.8 Å². The number of methoxy groups -OCH3 is 2. The molecule has 2 saturated heterocycles. The van der Waals surface area contributed by atoms with Crippen LogP contribution in [0.3, 0.4) is 0 Å². The van der Waals surface area contributed by atoms with Gasteiger partial charge in [-0.2, -0.15) is 0 Å². The van der Waals surface area contributed by atoms with E-state index in [-0.39, 0.29) is 11.3 Å². The number of ketones is 1. The average molecular weight is 482 g/mol. The molecule has 0 spiro atoms. The molecule has 1 aromatic carbocycles. The SMILES string of the molecule is COc1ccc(C2/C(=C(\O)c3c(C)[nH]c(C)c3C)C(=O)C(=O)N2CCN2CCCCC2)cc1OC. The molecule has 0 saturated carbocycles. The van der Waals surface area contributed by atoms with Gasteiger partial charge in [-0.05, 0) is 70.0 Å². The van der Waals surface area contributed by atoms with Crippen molar-refractivity contribution in [2.75, 3.05) is 40.4 Å². The number of carbonyl (C=O) groups excluding carboxylic acids is 2. The van der Waals surface area contributed by atoms with Gasteiger partial charge in [-0.1, -0.05) is 12.5 Å². The van der Waals surface area contributed by atoms with E-state index in [4.69, 9.17) is 9.47 Å². The fourth-order valence-electron chi connectivity index (χ4n) is 5.31. The summed E-state index contributed by atoms with van der Waals surface area (Å²) in [6, 6.07) is 4.63. The highest BCUT2D eigenvalue weighted by Gasteiger charge is 2.46. The van der Waals surface area contributed by atoms with E-state index in [1.807, 2.05) is 26.8 Å². The van der Waals surface area contributed by atoms with Crippen LogP contribution in [0.25, 0.3) is 5.76 Å². The number of ether oxygens (including phenoxy) is 2. The molecule has 2 aliphatic heterocycles. The maximum absolute atomic E-state index is 13.4. The van der Waals surface area contributed by atoms with Crippen LogP contribution in [0.4, 0.5) is 0 Å². The number of hydrogen-bond acceptors (Lipinski definition) is 6. The summed E-state index contributed by atoms with van der Waals surface area (Å²) in [4.78, 5) is 33.8. The van der Waals surface area contributed by atoms with Crippen LogP contribution in [0.5, 0.6) is 11.5 Å². The topological polar surface area (TPSA) is 95.1 Å². The summed E-state index contributed by atoms with van der Waals surface area (Å²) in [6.45, 7) is 8.72. The van der Waals surface area contributed by atoms with E-state index >= 15 is 0 Å². The third-order valence-corrected chi connectivity index (χ3v) is 7.29. The fourth-order valence-corrected chi connectivity index (χ4v) is 5.31. The molecular formula is C27H35N3O5. The number of rotatable bonds is 7. The summed E-state index contributed by atoms with van der Waals surface area (Å²) >= 11 is 0. The van der Waals surface area contributed by atoms with Crippen LogP contribution < -0.4 is 9.47 Å². The molecule has 2 aliphatic rings. The molecule has 188 valence electrons. The molecule has 2 aromatic rings. The van der Waals surface area contributed by atoms with E-state index in [2.05, 4.69) is 9.88 Å². The molecule has 1 amide bonds. The van der Waals surface area contributed by atoms with E-state index in [1.54, 1.807) is 31.3 Å². The van der Waals surface area contributed by atoms with Gasteiger partial charge in [0, 0.05) is 30.0 Å². The second-order valence-corrected chi connectivity index (χ2v) is 9.38. The van der Waals surface area contributed by atoms with Crippen molar-refractivity contribution in [3.63, 3.8) is 0 Å². The Morgan fingerprint density at radius 3 is 2.29 bits per heavy atom. The molecule has 8 nitrogen and oxygen atoms in total. The lowest BCUT2D eigenvalue weighted by Crippen LogP contribution is -2.40. The number of aliphatic hydroxyl groups is 1. The molecule has 3 heterocycles. The number of nitrogens with zero attached hydrogens (tertiary/aromatic N) is 2. The van der Waals surface area contributed by atoms with Crippen molar-refractivity contribution in [2.45, 2.75) is 46.1 Å². The molecule has 1 unspecified atom stereocenters. The van der Waals surface area contributed by atoms with E-state index in [9.17, 15) is 14.7 Å². The van der Waals surface area contributed by atoms with Crippen LogP contribution in [0.1, 0.15) is 53.4 Å². The van der Waals surface area contributed by atoms with Gasteiger partial charge in [-0.3, -0.25) is 9.59 Å². The Hall–Kier alpha value is -3.26. The Balaban J connectivity index is 1.82. The van der Waals surface area contributed by atoms with Crippen LogP contribution in [0.2, 0.25) is 0 Å². The van der Waals surface area contributed by atoms with Gasteiger partial charge in [0.1, 0.15) is 5.76 Å². The third kappa shape index (κ3) is 4.55. The van der Waals surface area contributed by atoms with Gasteiger partial charge < -0.3 is 29.4 Å². The molecule has 1 atom stereocenters. The minimum absolute atomic E-state index is 0.103. The van der Waals surface area contributed by atoms with E-state index in [0.717, 1.165) is 42.9 Å². The van der Waals surface area contributed by atoms with Crippen LogP contribution in [0.15, 0.2) is 23.8 Å². The van der Waals surface area contributed by atoms with Gasteiger partial charge in [0.25, 0.3) is 11.7 Å². The summed E-state index contributed by atoms with van der Waals surface area (Å²) in [5, 5.41) is 11.5. The molecule has 0 aliphatic carbocycles. The minimum atomic E-state index is -0.728. The summed E-state index contributed by atoms with van der Waals surface area (Å²) in [5.41, 5.74) is 3.87. The number of amides is 1. The summed E-state index contributed by atoms with van der Waals surface area (Å²) in [6.07, 6.45) is 3.51. The van der Waals surface area contributed by atoms with Crippen molar-refractivity contribution in [3.05, 3.63) is 51.9 Å². The standard InChI is InChI=1S/C27H35N3O5/c1-16-17(2)28-18(3)22(16)25(31)23-24(19-9-10-20(34-4)21(15-19)35-5)30(27(33)26(23)32)14-13-29-11-7-6-8-12-29/h9-10,15,24,28,31H,6-8,11-14H2,1-5H3/b25-23+. The number of aromatic nitrogens is 1. The predicted octanol–water partition coefficient (Wildman–Crippen LogP) is 3.86. The molecule has 2 N–H and O–H groups in total. The van der Waals surface area contributed by atoms with Crippen molar-refractivity contribution in [2.24, 2.45) is 0 Å². The summed E-state index contributed by atoms with van der Waals surface area (Å²) < 4.78 is 10.9. The Bertz CT molecular complexity index is 1160. The molecule has 0 radical (unpaired) electrons. The normalized spacial score (nSPS) is 20.5. The van der Waals surface area contributed by atoms with E-state index in [1.165, 1.54) is 6.42 Å². The number of hydrogen-bond donors (Lipinski definition) is 2. The van der Waals surface area contributed by atoms with Crippen molar-refractivity contribution in [3.8, 4) is 11.5 Å². The van der Waals surface area contributed by atoms with Gasteiger partial charge in [-0.15, -0.1) is 0 Å². The first-order valence-electron chi connectivity index (χ1n) is 12.2. The quantitative estimate of drug-likeness (QED) is 0.354. The lowest BCUT2D eigenvalue weighted by molar-refractivity contribution is -0.140. The van der Waals surface area contributed by atoms with E-state index in [0.29, 0.717) is 35.7 Å². The summed E-state index contributed by atoms with van der Waals surface area (Å²) in [5.74, 6) is -0.363. The lowest BCUT2D eigenvalue weighted by atomic mass is 9.94. The minimum Gasteiger partial charge on any atom is -0.507 e. The number of H-pyrrole nitrogens is 1. The number of Topliss-reactive ketones (excluding diaryl/α,β-unsaturated/α-hetero) is 1. The lowest BCUT2D eigenvalue weighted by Gasteiger charge is -2.31. The van der Waals surface area contributed by atoms with Gasteiger partial charge in [0.15, 0.2) is 11.5 Å². The highest BCUT2D eigenvalue weighted by atomic mass is 16.5. The zero-order valence-electron chi connectivity index (χ0n) is 21.2. The number of aryl methyl sites for hydroxylation is 2. The second kappa shape index (κ2) is 10.2. The molecule has 8 heteroatoms. The van der Waals surface area contributed by atoms with Crippen LogP contribution in [-0.4, -0.2) is 72.0 Å². The number of benzene rings is 1. The highest BCUT2D eigenvalue weighted by Crippen LogP contribution is 2.42. The largest absolute Gasteiger partial charge is 0.507 e. The summed E-state index contributed by atoms with van der Waals surface area (Å²) in [7, 11) is 3.10. The predicted molar refractivity (Wildman–Crippen MR) is 134 cm³/mol. The molecule has 35 heavy (non-hydrogen) atoms. The fraction of sp³-hybridized carbons (Fsp3) is 0.481. The maximum atomic E-state index is 13.4. The molecule has 4 rings (SSSR count). The first-order valence-corrected chi connectivity index (χ1v) is 12.2. The van der Waals surface area contributed by atoms with Crippen molar-refractivity contribution in [1.29, 1.82) is 0 Å². The van der Waals surface area contributed by atoms with Crippen molar-refractivity contribution < 1.29 is 24.2 Å². The monoisotopic (exact) mass is 481 g/mol. The smallest absolute Gasteiger partial charge is 0.295 e. The van der Waals surface area contributed by atoms with Crippen LogP contribution >= 0.6 is 0 Å². The van der Waals surface area contributed by atoms with Gasteiger partial charge in [0.2, 0.25) is 0 Å². The number of aromatic amines is 1. The van der Waals surface area contributed by atoms with Crippen molar-refractivity contribution >= 4 is 17.4 Å². The first-order chi connectivity index (χ1) is 16.8. The number of carbonyl (C=O) groups is 2. The number of aliphatic hydroxyl groups excluding tert-OH is 1. The highest BCUT2D eigenvalue weighted by molar-refractivity contribution is 6.46. The number of piperidine rings is 1. The van der Waals surface area contributed by atoms with Crippen molar-refractivity contribution in [1.82, 2.24) is 14.8 Å².